The van der Waals surface area contributed by atoms with E-state index in [4.69, 9.17) is 9.84 Å². The van der Waals surface area contributed by atoms with Crippen LogP contribution < -0.4 is 0 Å². The van der Waals surface area contributed by atoms with Crippen LogP contribution in [0.3, 0.4) is 0 Å². The molecular weight excluding hydrogens is 287 g/mol. The number of hydrogen-bond donors (Lipinski definition) is 1. The van der Waals surface area contributed by atoms with E-state index in [9.17, 15) is 18.0 Å². The average molecular weight is 309 g/mol. The monoisotopic (exact) mass is 309 g/mol. The van der Waals surface area contributed by atoms with E-state index in [1.165, 1.54) is 0 Å². The molecule has 21 heavy (non-hydrogen) atoms. The van der Waals surface area contributed by atoms with Crippen molar-refractivity contribution in [1.82, 2.24) is 4.90 Å². The molecule has 0 spiro atoms. The van der Waals surface area contributed by atoms with Gasteiger partial charge in [0.2, 0.25) is 0 Å². The Morgan fingerprint density at radius 1 is 1.29 bits per heavy atom. The number of carboxylic acid groups (broad SMARTS) is 1. The topological polar surface area (TPSA) is 49.8 Å². The first-order chi connectivity index (χ1) is 9.31. The Hall–Kier alpha value is -0.820. The zero-order valence-corrected chi connectivity index (χ0v) is 12.8. The molecule has 0 saturated carbocycles. The molecule has 0 aliphatic carbocycles. The highest BCUT2D eigenvalue weighted by atomic mass is 19.4. The van der Waals surface area contributed by atoms with E-state index < -0.39 is 41.7 Å². The van der Waals surface area contributed by atoms with Crippen molar-refractivity contribution in [2.24, 2.45) is 5.41 Å². The van der Waals surface area contributed by atoms with Crippen molar-refractivity contribution in [2.45, 2.75) is 64.0 Å². The number of carbonyl (C=O) groups is 1. The van der Waals surface area contributed by atoms with Crippen LogP contribution in [0.4, 0.5) is 13.2 Å². The summed E-state index contributed by atoms with van der Waals surface area (Å²) in [6.07, 6.45) is -4.56. The zero-order chi connectivity index (χ0) is 16.3. The lowest BCUT2D eigenvalue weighted by Crippen LogP contribution is -2.51. The first kappa shape index (κ1) is 16.5. The summed E-state index contributed by atoms with van der Waals surface area (Å²) in [6.45, 7) is 7.12. The Balaban J connectivity index is 2.25. The number of alkyl halides is 3. The maximum absolute atomic E-state index is 13.2. The molecule has 2 aliphatic heterocycles. The molecule has 0 amide bonds. The van der Waals surface area contributed by atoms with Gasteiger partial charge < -0.3 is 9.84 Å². The van der Waals surface area contributed by atoms with Crippen LogP contribution in [0.25, 0.3) is 0 Å². The quantitative estimate of drug-likeness (QED) is 0.852. The number of likely N-dealkylation sites (tertiary alicyclic amines) is 1. The van der Waals surface area contributed by atoms with Crippen LogP contribution in [0.2, 0.25) is 0 Å². The van der Waals surface area contributed by atoms with Gasteiger partial charge in [0.25, 0.3) is 0 Å². The second-order valence-corrected chi connectivity index (χ2v) is 7.29. The molecule has 2 heterocycles. The molecule has 2 aliphatic rings. The summed E-state index contributed by atoms with van der Waals surface area (Å²) in [7, 11) is 0. The highest BCUT2D eigenvalue weighted by Crippen LogP contribution is 2.49. The summed E-state index contributed by atoms with van der Waals surface area (Å²) in [5.41, 5.74) is -3.67. The fraction of sp³-hybridized carbons (Fsp3) is 0.929. The fourth-order valence-corrected chi connectivity index (χ4v) is 3.73. The molecule has 1 N–H and O–H groups in total. The average Bonchev–Trinajstić information content (AvgIpc) is 2.76. The number of ether oxygens (including phenoxy) is 1. The van der Waals surface area contributed by atoms with E-state index >= 15 is 0 Å². The third-order valence-corrected chi connectivity index (χ3v) is 4.72. The third kappa shape index (κ3) is 2.65. The highest BCUT2D eigenvalue weighted by molar-refractivity contribution is 5.76. The maximum Gasteiger partial charge on any atom is 0.406 e. The van der Waals surface area contributed by atoms with Crippen LogP contribution in [0.1, 0.15) is 40.5 Å². The summed E-state index contributed by atoms with van der Waals surface area (Å²) >= 11 is 0. The lowest BCUT2D eigenvalue weighted by atomic mass is 9.86. The Kier molecular flexibility index (Phi) is 3.61. The summed E-state index contributed by atoms with van der Waals surface area (Å²) < 4.78 is 45.6. The van der Waals surface area contributed by atoms with Gasteiger partial charge >= 0.3 is 12.1 Å². The van der Waals surface area contributed by atoms with E-state index in [1.54, 1.807) is 4.90 Å². The van der Waals surface area contributed by atoms with Crippen molar-refractivity contribution in [2.75, 3.05) is 13.1 Å². The zero-order valence-electron chi connectivity index (χ0n) is 12.8. The SMILES string of the molecule is CC1(C)CC(N2CCC(C(=O)O)(C(F)(F)F)C2)C(C)(C)O1. The van der Waals surface area contributed by atoms with Crippen LogP contribution >= 0.6 is 0 Å². The number of rotatable bonds is 2. The third-order valence-electron chi connectivity index (χ3n) is 4.72. The second kappa shape index (κ2) is 4.59. The van der Waals surface area contributed by atoms with E-state index in [1.807, 2.05) is 27.7 Å². The summed E-state index contributed by atoms with van der Waals surface area (Å²) in [5.74, 6) is -1.78. The number of carboxylic acids is 1. The first-order valence-corrected chi connectivity index (χ1v) is 7.05. The molecular formula is C14H22F3NO3. The summed E-state index contributed by atoms with van der Waals surface area (Å²) in [4.78, 5) is 12.9. The lowest BCUT2D eigenvalue weighted by molar-refractivity contribution is -0.228. The van der Waals surface area contributed by atoms with Crippen LogP contribution in [0.5, 0.6) is 0 Å². The van der Waals surface area contributed by atoms with Gasteiger partial charge in [0.15, 0.2) is 5.41 Å². The molecule has 2 unspecified atom stereocenters. The van der Waals surface area contributed by atoms with Gasteiger partial charge in [-0.1, -0.05) is 0 Å². The molecule has 0 aromatic rings. The van der Waals surface area contributed by atoms with Gasteiger partial charge in [-0.15, -0.1) is 0 Å². The minimum Gasteiger partial charge on any atom is -0.481 e. The van der Waals surface area contributed by atoms with E-state index in [0.29, 0.717) is 6.42 Å². The molecule has 2 saturated heterocycles. The number of halogens is 3. The molecule has 0 aromatic heterocycles. The van der Waals surface area contributed by atoms with Crippen molar-refractivity contribution < 1.29 is 27.8 Å². The van der Waals surface area contributed by atoms with Gasteiger partial charge in [0.1, 0.15) is 0 Å². The molecule has 122 valence electrons. The maximum atomic E-state index is 13.2. The Morgan fingerprint density at radius 2 is 1.86 bits per heavy atom. The van der Waals surface area contributed by atoms with Gasteiger partial charge in [-0.2, -0.15) is 13.2 Å². The minimum absolute atomic E-state index is 0.124. The summed E-state index contributed by atoms with van der Waals surface area (Å²) in [6, 6.07) is -0.212. The van der Waals surface area contributed by atoms with Crippen molar-refractivity contribution in [3.05, 3.63) is 0 Å². The standard InChI is InChI=1S/C14H22F3NO3/c1-11(2)7-9(12(3,4)21-11)18-6-5-13(8-18,10(19)20)14(15,16)17/h9H,5-8H2,1-4H3,(H,19,20). The van der Waals surface area contributed by atoms with E-state index in [2.05, 4.69) is 0 Å². The number of hydrogen-bond acceptors (Lipinski definition) is 3. The van der Waals surface area contributed by atoms with Gasteiger partial charge in [0.05, 0.1) is 11.2 Å². The van der Waals surface area contributed by atoms with Gasteiger partial charge in [-0.05, 0) is 40.5 Å². The highest BCUT2D eigenvalue weighted by Gasteiger charge is 2.65. The van der Waals surface area contributed by atoms with Crippen LogP contribution in [-0.2, 0) is 9.53 Å². The van der Waals surface area contributed by atoms with Gasteiger partial charge in [0, 0.05) is 19.1 Å². The molecule has 4 nitrogen and oxygen atoms in total. The molecule has 2 rings (SSSR count). The predicted octanol–water partition coefficient (Wildman–Crippen LogP) is 2.67. The molecule has 2 fully saturated rings. The van der Waals surface area contributed by atoms with Crippen LogP contribution in [0, 0.1) is 5.41 Å². The predicted molar refractivity (Wildman–Crippen MR) is 70.0 cm³/mol. The Morgan fingerprint density at radius 3 is 2.19 bits per heavy atom. The van der Waals surface area contributed by atoms with Crippen molar-refractivity contribution in [3.63, 3.8) is 0 Å². The first-order valence-electron chi connectivity index (χ1n) is 7.05. The van der Waals surface area contributed by atoms with Crippen molar-refractivity contribution in [1.29, 1.82) is 0 Å². The minimum atomic E-state index is -4.74. The van der Waals surface area contributed by atoms with Gasteiger partial charge in [-0.25, -0.2) is 0 Å². The molecule has 0 aromatic carbocycles. The van der Waals surface area contributed by atoms with Crippen molar-refractivity contribution >= 4 is 5.97 Å². The second-order valence-electron chi connectivity index (χ2n) is 7.29. The largest absolute Gasteiger partial charge is 0.481 e. The van der Waals surface area contributed by atoms with Crippen LogP contribution in [0.15, 0.2) is 0 Å². The number of aliphatic carboxylic acids is 1. The van der Waals surface area contributed by atoms with Crippen LogP contribution in [-0.4, -0.2) is 52.5 Å². The number of nitrogens with zero attached hydrogens (tertiary/aromatic N) is 1. The normalized spacial score (nSPS) is 36.0. The van der Waals surface area contributed by atoms with E-state index in [-0.39, 0.29) is 12.6 Å². The Labute approximate surface area is 122 Å². The molecule has 0 bridgehead atoms. The van der Waals surface area contributed by atoms with Crippen molar-refractivity contribution in [3.8, 4) is 0 Å². The van der Waals surface area contributed by atoms with E-state index in [0.717, 1.165) is 0 Å². The summed E-state index contributed by atoms with van der Waals surface area (Å²) in [5, 5.41) is 9.11. The molecule has 7 heteroatoms. The fourth-order valence-electron chi connectivity index (χ4n) is 3.73. The molecule has 0 radical (unpaired) electrons. The smallest absolute Gasteiger partial charge is 0.406 e. The molecule has 2 atom stereocenters. The Bertz CT molecular complexity index is 447. The van der Waals surface area contributed by atoms with Gasteiger partial charge in [-0.3, -0.25) is 9.69 Å². The lowest BCUT2D eigenvalue weighted by Gasteiger charge is -2.35.